The monoisotopic (exact) mass is 419 g/mol. The lowest BCUT2D eigenvalue weighted by molar-refractivity contribution is 0.284. The van der Waals surface area contributed by atoms with Gasteiger partial charge < -0.3 is 14.4 Å². The number of methoxy groups -OCH3 is 1. The topological polar surface area (TPSA) is 48.3 Å². The van der Waals surface area contributed by atoms with Crippen LogP contribution in [-0.2, 0) is 4.74 Å². The molecule has 5 heteroatoms. The highest BCUT2D eigenvalue weighted by molar-refractivity contribution is 8.01. The van der Waals surface area contributed by atoms with Crippen LogP contribution in [0, 0.1) is 23.2 Å². The summed E-state index contributed by atoms with van der Waals surface area (Å²) in [6.07, 6.45) is 8.33. The molecule has 1 aliphatic rings. The fraction of sp³-hybridized carbons (Fsp3) is 0.320. The second-order valence-corrected chi connectivity index (χ2v) is 8.40. The third-order valence-corrected chi connectivity index (χ3v) is 5.30. The predicted molar refractivity (Wildman–Crippen MR) is 128 cm³/mol. The Morgan fingerprint density at radius 1 is 1.37 bits per heavy atom. The van der Waals surface area contributed by atoms with Gasteiger partial charge in [0.05, 0.1) is 18.4 Å². The predicted octanol–water partition coefficient (Wildman–Crippen LogP) is 5.65. The minimum Gasteiger partial charge on any atom is -0.501 e. The standard InChI is InChI=1S/C25H29N3OS/c1-6-28(4)25-16-14-23(29-5)13-15-24(25)21(18-26)11-7-9-20-10-8-12-22(17-20)27-30-19(2)3/h8,10-13,15-17,19,27H,6,14H2,1-5H3/b21-11+. The van der Waals surface area contributed by atoms with Gasteiger partial charge in [0.2, 0.25) is 0 Å². The minimum atomic E-state index is 0.491. The number of hydrogen-bond donors (Lipinski definition) is 1. The summed E-state index contributed by atoms with van der Waals surface area (Å²) in [6, 6.07) is 10.3. The molecular weight excluding hydrogens is 390 g/mol. The second-order valence-electron chi connectivity index (χ2n) is 7.01. The molecule has 1 aromatic carbocycles. The fourth-order valence-electron chi connectivity index (χ4n) is 2.76. The Hall–Kier alpha value is -3.02. The van der Waals surface area contributed by atoms with Crippen molar-refractivity contribution in [3.8, 4) is 17.9 Å². The van der Waals surface area contributed by atoms with E-state index in [0.29, 0.717) is 17.2 Å². The number of nitrogens with one attached hydrogen (secondary N) is 1. The molecule has 0 unspecified atom stereocenters. The molecule has 0 radical (unpaired) electrons. The van der Waals surface area contributed by atoms with Crippen LogP contribution in [0.1, 0.15) is 32.8 Å². The molecule has 1 N–H and O–H groups in total. The molecule has 0 aliphatic heterocycles. The summed E-state index contributed by atoms with van der Waals surface area (Å²) in [6.45, 7) is 7.20. The molecule has 0 bridgehead atoms. The zero-order valence-electron chi connectivity index (χ0n) is 18.3. The average Bonchev–Trinajstić information content (AvgIpc) is 2.97. The molecular formula is C25H29N3OS. The normalized spacial score (nSPS) is 13.8. The molecule has 0 amide bonds. The van der Waals surface area contributed by atoms with Gasteiger partial charge in [0, 0.05) is 53.9 Å². The van der Waals surface area contributed by atoms with E-state index in [2.05, 4.69) is 54.4 Å². The molecule has 0 aromatic heterocycles. The van der Waals surface area contributed by atoms with Crippen molar-refractivity contribution in [2.45, 2.75) is 32.4 Å². The lowest BCUT2D eigenvalue weighted by atomic mass is 10.0. The molecule has 156 valence electrons. The van der Waals surface area contributed by atoms with Crippen LogP contribution >= 0.6 is 11.9 Å². The molecule has 0 saturated carbocycles. The van der Waals surface area contributed by atoms with Gasteiger partial charge in [0.25, 0.3) is 0 Å². The Balaban J connectivity index is 2.31. The summed E-state index contributed by atoms with van der Waals surface area (Å²) in [4.78, 5) is 2.12. The van der Waals surface area contributed by atoms with Gasteiger partial charge in [-0.1, -0.05) is 37.8 Å². The summed E-state index contributed by atoms with van der Waals surface area (Å²) in [7, 11) is 3.68. The number of anilines is 1. The molecule has 0 heterocycles. The first-order valence-corrected chi connectivity index (χ1v) is 10.9. The number of hydrogen-bond acceptors (Lipinski definition) is 5. The van der Waals surface area contributed by atoms with Crippen LogP contribution in [0.25, 0.3) is 0 Å². The zero-order valence-corrected chi connectivity index (χ0v) is 19.1. The molecule has 0 fully saturated rings. The van der Waals surface area contributed by atoms with Crippen LogP contribution in [0.3, 0.4) is 0 Å². The van der Waals surface area contributed by atoms with Crippen LogP contribution in [-0.4, -0.2) is 30.9 Å². The van der Waals surface area contributed by atoms with Crippen LogP contribution in [0.5, 0.6) is 0 Å². The molecule has 1 aliphatic carbocycles. The van der Waals surface area contributed by atoms with E-state index in [1.54, 1.807) is 25.1 Å². The number of rotatable bonds is 7. The van der Waals surface area contributed by atoms with Crippen LogP contribution < -0.4 is 4.72 Å². The molecule has 0 saturated heterocycles. The van der Waals surface area contributed by atoms with E-state index in [9.17, 15) is 5.26 Å². The SMILES string of the molecule is CCN(C)C1=CCC(OC)=CC=C1/C(C#N)=C/C#Cc1cccc(NSC(C)C)c1. The lowest BCUT2D eigenvalue weighted by Crippen LogP contribution is -2.19. The Kier molecular flexibility index (Phi) is 9.19. The summed E-state index contributed by atoms with van der Waals surface area (Å²) in [5.41, 5.74) is 4.31. The van der Waals surface area contributed by atoms with Crippen molar-refractivity contribution in [3.05, 3.63) is 76.7 Å². The van der Waals surface area contributed by atoms with Gasteiger partial charge in [-0.15, -0.1) is 0 Å². The van der Waals surface area contributed by atoms with Crippen LogP contribution in [0.15, 0.2) is 71.2 Å². The van der Waals surface area contributed by atoms with Gasteiger partial charge in [-0.05, 0) is 49.2 Å². The first kappa shape index (κ1) is 23.3. The van der Waals surface area contributed by atoms with Gasteiger partial charge >= 0.3 is 0 Å². The van der Waals surface area contributed by atoms with Crippen molar-refractivity contribution in [1.29, 1.82) is 5.26 Å². The van der Waals surface area contributed by atoms with Gasteiger partial charge in [-0.3, -0.25) is 0 Å². The maximum Gasteiger partial charge on any atom is 0.101 e. The van der Waals surface area contributed by atoms with Crippen molar-refractivity contribution in [2.75, 3.05) is 25.4 Å². The molecule has 4 nitrogen and oxygen atoms in total. The van der Waals surface area contributed by atoms with Crippen LogP contribution in [0.4, 0.5) is 5.69 Å². The maximum absolute atomic E-state index is 9.79. The Morgan fingerprint density at radius 2 is 2.17 bits per heavy atom. The summed E-state index contributed by atoms with van der Waals surface area (Å²) >= 11 is 1.67. The van der Waals surface area contributed by atoms with E-state index in [1.165, 1.54) is 0 Å². The third kappa shape index (κ3) is 6.79. The molecule has 0 spiro atoms. The van der Waals surface area contributed by atoms with E-state index in [4.69, 9.17) is 4.74 Å². The Bertz CT molecular complexity index is 968. The highest BCUT2D eigenvalue weighted by Crippen LogP contribution is 2.26. The highest BCUT2D eigenvalue weighted by Gasteiger charge is 2.16. The smallest absolute Gasteiger partial charge is 0.101 e. The van der Waals surface area contributed by atoms with Crippen molar-refractivity contribution < 1.29 is 4.74 Å². The van der Waals surface area contributed by atoms with Gasteiger partial charge in [0.1, 0.15) is 6.07 Å². The largest absolute Gasteiger partial charge is 0.501 e. The molecule has 0 atom stereocenters. The van der Waals surface area contributed by atoms with Gasteiger partial charge in [-0.25, -0.2) is 0 Å². The maximum atomic E-state index is 9.79. The number of likely N-dealkylation sites (N-methyl/N-ethyl adjacent to an activating group) is 1. The van der Waals surface area contributed by atoms with Crippen molar-refractivity contribution in [2.24, 2.45) is 0 Å². The zero-order chi connectivity index (χ0) is 21.9. The number of nitriles is 1. The lowest BCUT2D eigenvalue weighted by Gasteiger charge is -2.22. The van der Waals surface area contributed by atoms with Crippen molar-refractivity contribution in [1.82, 2.24) is 4.90 Å². The fourth-order valence-corrected chi connectivity index (χ4v) is 3.25. The summed E-state index contributed by atoms with van der Waals surface area (Å²) < 4.78 is 8.72. The van der Waals surface area contributed by atoms with E-state index in [1.807, 2.05) is 43.5 Å². The number of ether oxygens (including phenoxy) is 1. The molecule has 2 rings (SSSR count). The molecule has 1 aromatic rings. The summed E-state index contributed by atoms with van der Waals surface area (Å²) in [5, 5.41) is 10.3. The average molecular weight is 420 g/mol. The minimum absolute atomic E-state index is 0.491. The number of nitrogens with zero attached hydrogens (tertiary/aromatic N) is 2. The highest BCUT2D eigenvalue weighted by atomic mass is 32.2. The van der Waals surface area contributed by atoms with E-state index in [-0.39, 0.29) is 0 Å². The third-order valence-electron chi connectivity index (χ3n) is 4.47. The van der Waals surface area contributed by atoms with Crippen molar-refractivity contribution >= 4 is 17.6 Å². The van der Waals surface area contributed by atoms with E-state index >= 15 is 0 Å². The quantitative estimate of drug-likeness (QED) is 0.351. The van der Waals surface area contributed by atoms with E-state index < -0.39 is 0 Å². The van der Waals surface area contributed by atoms with E-state index in [0.717, 1.165) is 34.8 Å². The first-order valence-electron chi connectivity index (χ1n) is 9.98. The molecule has 30 heavy (non-hydrogen) atoms. The van der Waals surface area contributed by atoms with Crippen LogP contribution in [0.2, 0.25) is 0 Å². The summed E-state index contributed by atoms with van der Waals surface area (Å²) in [5.74, 6) is 7.06. The Labute approximate surface area is 185 Å². The Morgan fingerprint density at radius 3 is 2.83 bits per heavy atom. The van der Waals surface area contributed by atoms with Gasteiger partial charge in [-0.2, -0.15) is 5.26 Å². The second kappa shape index (κ2) is 11.9. The van der Waals surface area contributed by atoms with Gasteiger partial charge in [0.15, 0.2) is 0 Å². The number of benzene rings is 1. The first-order chi connectivity index (χ1) is 14.5. The number of allylic oxidation sites excluding steroid dienone is 5. The van der Waals surface area contributed by atoms with Crippen molar-refractivity contribution in [3.63, 3.8) is 0 Å².